The number of carbonyl (C=O) groups is 5. The van der Waals surface area contributed by atoms with E-state index in [1.54, 1.807) is 12.1 Å². The fraction of sp³-hybridized carbons (Fsp3) is 0.258. The van der Waals surface area contributed by atoms with Crippen LogP contribution in [0, 0.1) is 5.41 Å². The molecule has 3 aromatic rings. The summed E-state index contributed by atoms with van der Waals surface area (Å²) in [6.45, 7) is 1.94. The number of esters is 2. The lowest BCUT2D eigenvalue weighted by atomic mass is 9.84. The molecule has 2 saturated heterocycles. The third kappa shape index (κ3) is 5.78. The van der Waals surface area contributed by atoms with E-state index in [2.05, 4.69) is 0 Å². The number of hydrogen-bond donors (Lipinski definition) is 0. The normalized spacial score (nSPS) is 21.9. The van der Waals surface area contributed by atoms with Crippen LogP contribution in [-0.2, 0) is 38.2 Å². The minimum Gasteiger partial charge on any atom is -0.464 e. The topological polar surface area (TPSA) is 133 Å². The molecule has 0 radical (unpaired) electrons. The Bertz CT molecular complexity index is 1490. The largest absolute Gasteiger partial charge is 0.464 e. The van der Waals surface area contributed by atoms with E-state index in [0.717, 1.165) is 18.0 Å². The van der Waals surface area contributed by atoms with Gasteiger partial charge in [0.15, 0.2) is 11.5 Å². The number of carbonyl (C=O) groups excluding carboxylic acids is 5. The van der Waals surface area contributed by atoms with Crippen molar-refractivity contribution in [3.8, 4) is 0 Å². The fourth-order valence-electron chi connectivity index (χ4n) is 5.15. The number of rotatable bonds is 10. The van der Waals surface area contributed by atoms with Gasteiger partial charge in [-0.1, -0.05) is 72.4 Å². The molecular weight excluding hydrogens is 576 g/mol. The number of benzene rings is 2. The molecule has 0 aliphatic carbocycles. The Hall–Kier alpha value is -4.84. The Morgan fingerprint density at radius 3 is 2.23 bits per heavy atom. The van der Waals surface area contributed by atoms with Gasteiger partial charge in [-0.05, 0) is 17.2 Å². The predicted octanol–water partition coefficient (Wildman–Crippen LogP) is 3.81. The van der Waals surface area contributed by atoms with Gasteiger partial charge in [0, 0.05) is 31.4 Å². The number of nitrogens with zero attached hydrogens (tertiary/aromatic N) is 2. The molecule has 3 heterocycles. The molecule has 11 nitrogen and oxygen atoms in total. The molecule has 0 bridgehead atoms. The predicted molar refractivity (Wildman–Crippen MR) is 154 cm³/mol. The van der Waals surface area contributed by atoms with Crippen LogP contribution in [0.2, 0.25) is 0 Å². The van der Waals surface area contributed by atoms with Gasteiger partial charge in [-0.25, -0.2) is 0 Å². The number of furan rings is 1. The van der Waals surface area contributed by atoms with E-state index < -0.39 is 53.3 Å². The first-order valence-electron chi connectivity index (χ1n) is 13.3. The molecule has 0 saturated carbocycles. The van der Waals surface area contributed by atoms with Crippen molar-refractivity contribution in [3.63, 3.8) is 0 Å². The van der Waals surface area contributed by atoms with Crippen molar-refractivity contribution in [2.75, 3.05) is 18.1 Å². The van der Waals surface area contributed by atoms with E-state index in [1.807, 2.05) is 60.7 Å². The van der Waals surface area contributed by atoms with E-state index in [9.17, 15) is 24.0 Å². The maximum atomic E-state index is 14.3. The lowest BCUT2D eigenvalue weighted by Gasteiger charge is -2.56. The molecule has 1 aromatic heterocycles. The van der Waals surface area contributed by atoms with Crippen molar-refractivity contribution in [2.24, 2.45) is 5.41 Å². The molecule has 0 spiro atoms. The van der Waals surface area contributed by atoms with Gasteiger partial charge in [0.25, 0.3) is 6.47 Å². The number of ether oxygens (including phenoxy) is 3. The molecule has 43 heavy (non-hydrogen) atoms. The third-order valence-corrected chi connectivity index (χ3v) is 8.70. The van der Waals surface area contributed by atoms with Crippen LogP contribution in [-0.4, -0.2) is 59.7 Å². The van der Waals surface area contributed by atoms with Crippen molar-refractivity contribution in [3.05, 3.63) is 101 Å². The Balaban J connectivity index is 1.53. The summed E-state index contributed by atoms with van der Waals surface area (Å²) >= 11 is 1.04. The van der Waals surface area contributed by atoms with Crippen LogP contribution in [0.25, 0.3) is 0 Å². The quantitative estimate of drug-likeness (QED) is 0.111. The Morgan fingerprint density at radius 1 is 1.05 bits per heavy atom. The first-order valence-corrected chi connectivity index (χ1v) is 14.2. The van der Waals surface area contributed by atoms with Crippen LogP contribution in [0.15, 0.2) is 94.6 Å². The van der Waals surface area contributed by atoms with E-state index in [-0.39, 0.29) is 23.8 Å². The highest BCUT2D eigenvalue weighted by Gasteiger charge is 2.63. The molecule has 2 fully saturated rings. The van der Waals surface area contributed by atoms with Crippen LogP contribution < -0.4 is 4.90 Å². The average molecular weight is 605 g/mol. The van der Waals surface area contributed by atoms with Gasteiger partial charge in [-0.2, -0.15) is 0 Å². The summed E-state index contributed by atoms with van der Waals surface area (Å²) in [6, 6.07) is 20.4. The van der Waals surface area contributed by atoms with E-state index in [0.29, 0.717) is 11.1 Å². The maximum absolute atomic E-state index is 14.3. The van der Waals surface area contributed by atoms with Gasteiger partial charge < -0.3 is 23.5 Å². The second kappa shape index (κ2) is 12.6. The third-order valence-electron chi connectivity index (χ3n) is 7.21. The SMILES string of the molecule is CC(=O)OCC1(C(=O)OC(c2ccccc2)c2ccccc2)CN2C(=O)C(N(C(C)=O)c3ccco3)[C@H]2SC1=COC=O. The van der Waals surface area contributed by atoms with Crippen molar-refractivity contribution in [2.45, 2.75) is 31.4 Å². The maximum Gasteiger partial charge on any atom is 0.323 e. The fourth-order valence-corrected chi connectivity index (χ4v) is 6.62. The summed E-state index contributed by atoms with van der Waals surface area (Å²) in [7, 11) is 0. The number of anilines is 1. The summed E-state index contributed by atoms with van der Waals surface area (Å²) in [5, 5.41) is -0.666. The number of amides is 2. The molecule has 12 heteroatoms. The Labute approximate surface area is 251 Å². The second-order valence-electron chi connectivity index (χ2n) is 9.94. The van der Waals surface area contributed by atoms with Gasteiger partial charge >= 0.3 is 11.9 Å². The summed E-state index contributed by atoms with van der Waals surface area (Å²) in [5.41, 5.74) is -0.364. The van der Waals surface area contributed by atoms with Crippen LogP contribution in [0.4, 0.5) is 5.88 Å². The number of hydrogen-bond acceptors (Lipinski definition) is 10. The summed E-state index contributed by atoms with van der Waals surface area (Å²) in [4.78, 5) is 66.6. The molecule has 5 rings (SSSR count). The first kappa shape index (κ1) is 29.6. The minimum absolute atomic E-state index is 0.186. The molecule has 0 N–H and O–H groups in total. The van der Waals surface area contributed by atoms with Crippen LogP contribution in [0.1, 0.15) is 31.1 Å². The summed E-state index contributed by atoms with van der Waals surface area (Å²) in [6.07, 6.45) is 1.64. The average Bonchev–Trinajstić information content (AvgIpc) is 3.55. The van der Waals surface area contributed by atoms with Crippen LogP contribution >= 0.6 is 11.8 Å². The van der Waals surface area contributed by atoms with Crippen molar-refractivity contribution >= 4 is 47.9 Å². The highest BCUT2D eigenvalue weighted by Crippen LogP contribution is 2.52. The smallest absolute Gasteiger partial charge is 0.323 e. The van der Waals surface area contributed by atoms with E-state index in [4.69, 9.17) is 18.6 Å². The van der Waals surface area contributed by atoms with Gasteiger partial charge in [-0.15, -0.1) is 0 Å². The van der Waals surface area contributed by atoms with Crippen molar-refractivity contribution in [1.29, 1.82) is 0 Å². The first-order chi connectivity index (χ1) is 20.8. The van der Waals surface area contributed by atoms with Crippen molar-refractivity contribution < 1.29 is 42.6 Å². The standard InChI is InChI=1S/C31H28N2O9S/c1-20(35)33(25-14-9-15-40-25)26-28(37)32-17-31(18-41-21(2)36,24(16-39-19-34)43-29(26)32)30(38)42-27(22-10-5-3-6-11-22)23-12-7-4-8-13-23/h3-16,19,26-27,29H,17-18H2,1-2H3/t26?,29-,31?/m1/s1. The zero-order valence-corrected chi connectivity index (χ0v) is 24.1. The zero-order chi connectivity index (χ0) is 30.6. The lowest BCUT2D eigenvalue weighted by molar-refractivity contribution is -0.169. The molecule has 222 valence electrons. The van der Waals surface area contributed by atoms with Gasteiger partial charge in [0.05, 0.1) is 6.26 Å². The molecule has 2 aromatic carbocycles. The Kier molecular flexibility index (Phi) is 8.67. The van der Waals surface area contributed by atoms with Gasteiger partial charge in [-0.3, -0.25) is 28.9 Å². The van der Waals surface area contributed by atoms with E-state index in [1.165, 1.54) is 29.9 Å². The van der Waals surface area contributed by atoms with Crippen molar-refractivity contribution in [1.82, 2.24) is 4.90 Å². The second-order valence-corrected chi connectivity index (χ2v) is 11.1. The van der Waals surface area contributed by atoms with Crippen LogP contribution in [0.3, 0.4) is 0 Å². The lowest BCUT2D eigenvalue weighted by Crippen LogP contribution is -2.74. The molecule has 2 aliphatic heterocycles. The number of β-lactam (4-membered cyclic amide) rings is 1. The minimum atomic E-state index is -1.75. The molecular formula is C31H28N2O9S. The Morgan fingerprint density at radius 2 is 1.70 bits per heavy atom. The molecule has 2 unspecified atom stereocenters. The zero-order valence-electron chi connectivity index (χ0n) is 23.3. The highest BCUT2D eigenvalue weighted by atomic mass is 32.2. The monoisotopic (exact) mass is 604 g/mol. The number of fused-ring (bicyclic) bond motifs is 1. The van der Waals surface area contributed by atoms with Crippen LogP contribution in [0.5, 0.6) is 0 Å². The summed E-state index contributed by atoms with van der Waals surface area (Å²) < 4.78 is 22.0. The summed E-state index contributed by atoms with van der Waals surface area (Å²) in [5.74, 6) is -2.14. The van der Waals surface area contributed by atoms with E-state index >= 15 is 0 Å². The van der Waals surface area contributed by atoms with Gasteiger partial charge in [0.1, 0.15) is 24.3 Å². The van der Waals surface area contributed by atoms with Gasteiger partial charge in [0.2, 0.25) is 17.7 Å². The molecule has 3 atom stereocenters. The highest BCUT2D eigenvalue weighted by molar-refractivity contribution is 8.04. The molecule has 2 aliphatic rings. The molecule has 2 amide bonds. The number of thioether (sulfide) groups is 1.